The molecule has 0 aliphatic heterocycles. The maximum absolute atomic E-state index is 10.6. The normalized spacial score (nSPS) is 11.9. The Morgan fingerprint density at radius 3 is 2.76 bits per heavy atom. The number of carboxylic acid groups (broad SMARTS) is 1. The highest BCUT2D eigenvalue weighted by molar-refractivity contribution is 5.68. The maximum atomic E-state index is 10.6. The molecule has 6 nitrogen and oxygen atoms in total. The molecule has 1 rings (SSSR count). The van der Waals surface area contributed by atoms with Gasteiger partial charge in [0.2, 0.25) is 0 Å². The van der Waals surface area contributed by atoms with Crippen LogP contribution in [0.3, 0.4) is 0 Å². The van der Waals surface area contributed by atoms with E-state index < -0.39 is 10.9 Å². The lowest BCUT2D eigenvalue weighted by Crippen LogP contribution is -2.19. The van der Waals surface area contributed by atoms with Gasteiger partial charge in [0.1, 0.15) is 0 Å². The Morgan fingerprint density at radius 1 is 1.59 bits per heavy atom. The first kappa shape index (κ1) is 13.0. The number of non-ortho nitro benzene ring substituents is 1. The average molecular weight is 238 g/mol. The van der Waals surface area contributed by atoms with Crippen molar-refractivity contribution in [1.82, 2.24) is 0 Å². The minimum atomic E-state index is -0.909. The number of hydrogen-bond donors (Lipinski definition) is 2. The van der Waals surface area contributed by atoms with Crippen LogP contribution in [0, 0.1) is 17.0 Å². The van der Waals surface area contributed by atoms with E-state index in [1.807, 2.05) is 0 Å². The fourth-order valence-corrected chi connectivity index (χ4v) is 1.46. The second kappa shape index (κ2) is 5.29. The molecule has 0 amide bonds. The number of anilines is 1. The van der Waals surface area contributed by atoms with Gasteiger partial charge in [0.25, 0.3) is 5.69 Å². The van der Waals surface area contributed by atoms with Gasteiger partial charge in [0.05, 0.1) is 11.3 Å². The molecule has 0 radical (unpaired) electrons. The summed E-state index contributed by atoms with van der Waals surface area (Å²) in [5.41, 5.74) is 1.42. The van der Waals surface area contributed by atoms with Gasteiger partial charge in [-0.2, -0.15) is 0 Å². The molecule has 17 heavy (non-hydrogen) atoms. The van der Waals surface area contributed by atoms with Gasteiger partial charge in [-0.25, -0.2) is 0 Å². The first-order valence-electron chi connectivity index (χ1n) is 5.13. The van der Waals surface area contributed by atoms with Crippen LogP contribution in [-0.4, -0.2) is 22.0 Å². The lowest BCUT2D eigenvalue weighted by Gasteiger charge is -2.14. The molecule has 1 atom stereocenters. The Bertz CT molecular complexity index is 445. The number of carboxylic acids is 1. The Kier molecular flexibility index (Phi) is 4.03. The molecule has 0 heterocycles. The number of rotatable bonds is 5. The maximum Gasteiger partial charge on any atom is 0.305 e. The third-order valence-electron chi connectivity index (χ3n) is 2.31. The summed E-state index contributed by atoms with van der Waals surface area (Å²) in [5, 5.41) is 22.2. The number of benzene rings is 1. The molecule has 0 spiro atoms. The van der Waals surface area contributed by atoms with Crippen LogP contribution in [0.2, 0.25) is 0 Å². The van der Waals surface area contributed by atoms with Gasteiger partial charge in [0, 0.05) is 23.9 Å². The van der Waals surface area contributed by atoms with Gasteiger partial charge in [-0.05, 0) is 19.4 Å². The van der Waals surface area contributed by atoms with Crippen molar-refractivity contribution in [3.63, 3.8) is 0 Å². The highest BCUT2D eigenvalue weighted by Crippen LogP contribution is 2.22. The van der Waals surface area contributed by atoms with E-state index in [2.05, 4.69) is 5.32 Å². The smallest absolute Gasteiger partial charge is 0.305 e. The minimum absolute atomic E-state index is 0.0133. The van der Waals surface area contributed by atoms with Crippen molar-refractivity contribution in [3.8, 4) is 0 Å². The monoisotopic (exact) mass is 238 g/mol. The highest BCUT2D eigenvalue weighted by Gasteiger charge is 2.12. The quantitative estimate of drug-likeness (QED) is 0.605. The van der Waals surface area contributed by atoms with E-state index in [9.17, 15) is 14.9 Å². The minimum Gasteiger partial charge on any atom is -0.481 e. The Morgan fingerprint density at radius 2 is 2.24 bits per heavy atom. The van der Waals surface area contributed by atoms with Crippen molar-refractivity contribution in [2.75, 3.05) is 5.32 Å². The van der Waals surface area contributed by atoms with Crippen LogP contribution in [0.15, 0.2) is 18.2 Å². The van der Waals surface area contributed by atoms with Gasteiger partial charge in [0.15, 0.2) is 0 Å². The van der Waals surface area contributed by atoms with Crippen molar-refractivity contribution < 1.29 is 14.8 Å². The molecular weight excluding hydrogens is 224 g/mol. The Labute approximate surface area is 98.4 Å². The molecule has 0 aromatic heterocycles. The lowest BCUT2D eigenvalue weighted by atomic mass is 10.1. The largest absolute Gasteiger partial charge is 0.481 e. The third-order valence-corrected chi connectivity index (χ3v) is 2.31. The van der Waals surface area contributed by atoms with E-state index >= 15 is 0 Å². The van der Waals surface area contributed by atoms with E-state index in [1.165, 1.54) is 12.1 Å². The standard InChI is InChI=1S/C11H14N2O4/c1-7-3-4-9(13(16)17)6-10(7)12-8(2)5-11(14)15/h3-4,6,8,12H,5H2,1-2H3,(H,14,15). The summed E-state index contributed by atoms with van der Waals surface area (Å²) in [4.78, 5) is 20.6. The number of nitrogens with zero attached hydrogens (tertiary/aromatic N) is 1. The molecule has 92 valence electrons. The summed E-state index contributed by atoms with van der Waals surface area (Å²) in [6.45, 7) is 3.52. The van der Waals surface area contributed by atoms with Gasteiger partial charge in [-0.3, -0.25) is 14.9 Å². The van der Waals surface area contributed by atoms with E-state index in [1.54, 1.807) is 19.9 Å². The van der Waals surface area contributed by atoms with Crippen LogP contribution in [0.25, 0.3) is 0 Å². The first-order chi connectivity index (χ1) is 7.90. The van der Waals surface area contributed by atoms with Gasteiger partial charge >= 0.3 is 5.97 Å². The predicted octanol–water partition coefficient (Wildman–Crippen LogP) is 2.18. The fraction of sp³-hybridized carbons (Fsp3) is 0.364. The Balaban J connectivity index is 2.86. The topological polar surface area (TPSA) is 92.5 Å². The van der Waals surface area contributed by atoms with E-state index in [4.69, 9.17) is 5.11 Å². The first-order valence-corrected chi connectivity index (χ1v) is 5.13. The van der Waals surface area contributed by atoms with E-state index in [-0.39, 0.29) is 18.2 Å². The van der Waals surface area contributed by atoms with Gasteiger partial charge < -0.3 is 10.4 Å². The predicted molar refractivity (Wildman–Crippen MR) is 63.2 cm³/mol. The molecule has 6 heteroatoms. The number of aliphatic carboxylic acids is 1. The molecule has 1 unspecified atom stereocenters. The molecule has 0 fully saturated rings. The third kappa shape index (κ3) is 3.75. The SMILES string of the molecule is Cc1ccc([N+](=O)[O-])cc1NC(C)CC(=O)O. The summed E-state index contributed by atoms with van der Waals surface area (Å²) < 4.78 is 0. The van der Waals surface area contributed by atoms with Crippen LogP contribution < -0.4 is 5.32 Å². The molecule has 0 saturated heterocycles. The van der Waals surface area contributed by atoms with Crippen molar-refractivity contribution in [1.29, 1.82) is 0 Å². The molecule has 2 N–H and O–H groups in total. The number of nitro benzene ring substituents is 1. The van der Waals surface area contributed by atoms with Crippen LogP contribution in [0.4, 0.5) is 11.4 Å². The molecular formula is C11H14N2O4. The van der Waals surface area contributed by atoms with Crippen LogP contribution in [-0.2, 0) is 4.79 Å². The molecule has 0 saturated carbocycles. The van der Waals surface area contributed by atoms with Crippen molar-refractivity contribution in [2.45, 2.75) is 26.3 Å². The van der Waals surface area contributed by atoms with Gasteiger partial charge in [-0.15, -0.1) is 0 Å². The summed E-state index contributed by atoms with van der Waals surface area (Å²) in [6.07, 6.45) is -0.0396. The van der Waals surface area contributed by atoms with Crippen LogP contribution >= 0.6 is 0 Å². The summed E-state index contributed by atoms with van der Waals surface area (Å²) in [7, 11) is 0. The molecule has 0 aliphatic rings. The summed E-state index contributed by atoms with van der Waals surface area (Å²) >= 11 is 0. The van der Waals surface area contributed by atoms with Crippen LogP contribution in [0.1, 0.15) is 18.9 Å². The second-order valence-electron chi connectivity index (χ2n) is 3.90. The fourth-order valence-electron chi connectivity index (χ4n) is 1.46. The molecule has 0 aliphatic carbocycles. The number of nitro groups is 1. The number of hydrogen-bond acceptors (Lipinski definition) is 4. The molecule has 0 bridgehead atoms. The molecule has 1 aromatic rings. The zero-order valence-electron chi connectivity index (χ0n) is 9.64. The van der Waals surface area contributed by atoms with Crippen LogP contribution in [0.5, 0.6) is 0 Å². The average Bonchev–Trinajstić information content (AvgIpc) is 2.19. The number of aryl methyl sites for hydroxylation is 1. The summed E-state index contributed by atoms with van der Waals surface area (Å²) in [6, 6.07) is 4.18. The van der Waals surface area contributed by atoms with Crippen molar-refractivity contribution in [2.24, 2.45) is 0 Å². The van der Waals surface area contributed by atoms with Gasteiger partial charge in [-0.1, -0.05) is 6.07 Å². The van der Waals surface area contributed by atoms with E-state index in [0.717, 1.165) is 5.56 Å². The summed E-state index contributed by atoms with van der Waals surface area (Å²) in [5.74, 6) is -0.909. The number of nitrogens with one attached hydrogen (secondary N) is 1. The van der Waals surface area contributed by atoms with Crippen molar-refractivity contribution in [3.05, 3.63) is 33.9 Å². The zero-order chi connectivity index (χ0) is 13.0. The second-order valence-corrected chi connectivity index (χ2v) is 3.90. The number of carbonyl (C=O) groups is 1. The Hall–Kier alpha value is -2.11. The molecule has 1 aromatic carbocycles. The zero-order valence-corrected chi connectivity index (χ0v) is 9.64. The van der Waals surface area contributed by atoms with E-state index in [0.29, 0.717) is 5.69 Å². The lowest BCUT2D eigenvalue weighted by molar-refractivity contribution is -0.384. The highest BCUT2D eigenvalue weighted by atomic mass is 16.6. The van der Waals surface area contributed by atoms with Crippen molar-refractivity contribution >= 4 is 17.3 Å².